The average Bonchev–Trinajstić information content (AvgIpc) is 2.60. The number of phenolic OH excluding ortho intramolecular Hbond substituents is 1. The number of H-pyrrole nitrogens is 1. The van der Waals surface area contributed by atoms with Crippen molar-refractivity contribution in [3.63, 3.8) is 0 Å². The van der Waals surface area contributed by atoms with Crippen LogP contribution in [0.25, 0.3) is 11.4 Å². The van der Waals surface area contributed by atoms with E-state index < -0.39 is 5.82 Å². The van der Waals surface area contributed by atoms with Gasteiger partial charge in [-0.1, -0.05) is 13.8 Å². The minimum atomic E-state index is -0.485. The van der Waals surface area contributed by atoms with Crippen LogP contribution in [0.4, 0.5) is 4.39 Å². The number of nitrogens with zero attached hydrogens (tertiary/aromatic N) is 2. The van der Waals surface area contributed by atoms with E-state index in [2.05, 4.69) is 24.0 Å². The van der Waals surface area contributed by atoms with Gasteiger partial charge in [-0.2, -0.15) is 5.10 Å². The monoisotopic (exact) mass is 267 g/mol. The molecule has 2 aromatic rings. The zero-order valence-corrected chi connectivity index (χ0v) is 11.0. The highest BCUT2D eigenvalue weighted by Crippen LogP contribution is 2.28. The molecule has 0 aliphatic heterocycles. The van der Waals surface area contributed by atoms with E-state index in [1.54, 1.807) is 4.57 Å². The molecule has 2 N–H and O–H groups in total. The van der Waals surface area contributed by atoms with Gasteiger partial charge in [0.15, 0.2) is 10.6 Å². The molecule has 96 valence electrons. The number of hydrogen-bond acceptors (Lipinski definition) is 3. The maximum absolute atomic E-state index is 13.0. The highest BCUT2D eigenvalue weighted by atomic mass is 32.1. The van der Waals surface area contributed by atoms with Crippen LogP contribution in [0, 0.1) is 16.5 Å². The molecular formula is C12H14FN3OS. The van der Waals surface area contributed by atoms with Crippen molar-refractivity contribution in [2.75, 3.05) is 0 Å². The molecule has 1 aromatic carbocycles. The zero-order valence-electron chi connectivity index (χ0n) is 10.1. The lowest BCUT2D eigenvalue weighted by atomic mass is 10.1. The van der Waals surface area contributed by atoms with Crippen molar-refractivity contribution >= 4 is 12.2 Å². The van der Waals surface area contributed by atoms with Crippen molar-refractivity contribution in [1.29, 1.82) is 0 Å². The summed E-state index contributed by atoms with van der Waals surface area (Å²) >= 11 is 5.15. The first-order chi connectivity index (χ1) is 8.49. The molecule has 4 nitrogen and oxygen atoms in total. The Morgan fingerprint density at radius 1 is 1.50 bits per heavy atom. The van der Waals surface area contributed by atoms with E-state index in [1.807, 2.05) is 0 Å². The van der Waals surface area contributed by atoms with Gasteiger partial charge in [0.1, 0.15) is 11.6 Å². The molecule has 0 bridgehead atoms. The minimum absolute atomic E-state index is 0.144. The number of benzene rings is 1. The second-order valence-corrected chi connectivity index (χ2v) is 4.90. The Morgan fingerprint density at radius 2 is 2.22 bits per heavy atom. The number of phenols is 1. The Kier molecular flexibility index (Phi) is 3.47. The Balaban J connectivity index is 2.54. The molecule has 0 atom stereocenters. The number of aromatic hydroxyl groups is 1. The summed E-state index contributed by atoms with van der Waals surface area (Å²) in [4.78, 5) is 0. The number of aromatic amines is 1. The standard InChI is InChI=1S/C12H14FN3OS/c1-7(2)6-16-11(14-15-12(16)18)9-4-3-8(13)5-10(9)17/h3-5,7,17H,6H2,1-2H3,(H,15,18). The summed E-state index contributed by atoms with van der Waals surface area (Å²) < 4.78 is 15.3. The van der Waals surface area contributed by atoms with Crippen LogP contribution < -0.4 is 0 Å². The van der Waals surface area contributed by atoms with E-state index in [4.69, 9.17) is 12.2 Å². The van der Waals surface area contributed by atoms with Crippen molar-refractivity contribution in [2.45, 2.75) is 20.4 Å². The number of hydrogen-bond donors (Lipinski definition) is 2. The summed E-state index contributed by atoms with van der Waals surface area (Å²) in [6, 6.07) is 3.84. The smallest absolute Gasteiger partial charge is 0.195 e. The van der Waals surface area contributed by atoms with E-state index >= 15 is 0 Å². The Bertz CT molecular complexity index is 618. The van der Waals surface area contributed by atoms with Gasteiger partial charge in [0.2, 0.25) is 0 Å². The summed E-state index contributed by atoms with van der Waals surface area (Å²) in [6.07, 6.45) is 0. The summed E-state index contributed by atoms with van der Waals surface area (Å²) in [7, 11) is 0. The van der Waals surface area contributed by atoms with Crippen LogP contribution in [-0.2, 0) is 6.54 Å². The second kappa shape index (κ2) is 4.89. The number of aromatic nitrogens is 3. The van der Waals surface area contributed by atoms with Crippen LogP contribution in [0.5, 0.6) is 5.75 Å². The van der Waals surface area contributed by atoms with Crippen LogP contribution >= 0.6 is 12.2 Å². The molecule has 0 aliphatic carbocycles. The Morgan fingerprint density at radius 3 is 2.83 bits per heavy atom. The summed E-state index contributed by atoms with van der Waals surface area (Å²) in [5, 5.41) is 16.6. The van der Waals surface area contributed by atoms with E-state index in [0.717, 1.165) is 6.07 Å². The SMILES string of the molecule is CC(C)Cn1c(-c2ccc(F)cc2O)n[nH]c1=S. The van der Waals surface area contributed by atoms with E-state index in [1.165, 1.54) is 12.1 Å². The number of halogens is 1. The van der Waals surface area contributed by atoms with Crippen LogP contribution in [0.3, 0.4) is 0 Å². The van der Waals surface area contributed by atoms with Gasteiger partial charge in [0.25, 0.3) is 0 Å². The van der Waals surface area contributed by atoms with Gasteiger partial charge < -0.3 is 5.11 Å². The van der Waals surface area contributed by atoms with Crippen LogP contribution in [0.1, 0.15) is 13.8 Å². The van der Waals surface area contributed by atoms with Gasteiger partial charge in [-0.05, 0) is 30.3 Å². The third kappa shape index (κ3) is 2.43. The van der Waals surface area contributed by atoms with Crippen LogP contribution in [0.15, 0.2) is 18.2 Å². The summed E-state index contributed by atoms with van der Waals surface area (Å²) in [6.45, 7) is 4.80. The largest absolute Gasteiger partial charge is 0.507 e. The maximum Gasteiger partial charge on any atom is 0.195 e. The lowest BCUT2D eigenvalue weighted by Gasteiger charge is -2.10. The first kappa shape index (κ1) is 12.8. The molecule has 2 rings (SSSR count). The third-order valence-corrected chi connectivity index (χ3v) is 2.82. The van der Waals surface area contributed by atoms with Gasteiger partial charge >= 0.3 is 0 Å². The van der Waals surface area contributed by atoms with Gasteiger partial charge in [0.05, 0.1) is 5.56 Å². The molecule has 0 saturated heterocycles. The molecule has 1 heterocycles. The van der Waals surface area contributed by atoms with Gasteiger partial charge in [-0.15, -0.1) is 0 Å². The minimum Gasteiger partial charge on any atom is -0.507 e. The van der Waals surface area contributed by atoms with Crippen molar-refractivity contribution in [1.82, 2.24) is 14.8 Å². The van der Waals surface area contributed by atoms with Gasteiger partial charge in [-0.25, -0.2) is 4.39 Å². The summed E-state index contributed by atoms with van der Waals surface area (Å²) in [5.74, 6) is 0.275. The predicted octanol–water partition coefficient (Wildman–Crippen LogP) is 3.11. The number of rotatable bonds is 3. The fourth-order valence-corrected chi connectivity index (χ4v) is 1.96. The number of nitrogens with one attached hydrogen (secondary N) is 1. The molecule has 18 heavy (non-hydrogen) atoms. The fraction of sp³-hybridized carbons (Fsp3) is 0.333. The molecule has 1 aromatic heterocycles. The highest BCUT2D eigenvalue weighted by Gasteiger charge is 2.14. The van der Waals surface area contributed by atoms with Crippen LogP contribution in [0.2, 0.25) is 0 Å². The lowest BCUT2D eigenvalue weighted by Crippen LogP contribution is -2.06. The molecule has 0 saturated carbocycles. The predicted molar refractivity (Wildman–Crippen MR) is 69.3 cm³/mol. The second-order valence-electron chi connectivity index (χ2n) is 4.52. The quantitative estimate of drug-likeness (QED) is 0.840. The van der Waals surface area contributed by atoms with Crippen molar-refractivity contribution in [3.05, 3.63) is 28.8 Å². The highest BCUT2D eigenvalue weighted by molar-refractivity contribution is 7.71. The normalized spacial score (nSPS) is 11.1. The Hall–Kier alpha value is -1.69. The molecule has 6 heteroatoms. The van der Waals surface area contributed by atoms with Crippen molar-refractivity contribution in [2.24, 2.45) is 5.92 Å². The van der Waals surface area contributed by atoms with Gasteiger partial charge in [-0.3, -0.25) is 9.67 Å². The molecular weight excluding hydrogens is 253 g/mol. The average molecular weight is 267 g/mol. The fourth-order valence-electron chi connectivity index (χ4n) is 1.75. The topological polar surface area (TPSA) is 53.8 Å². The van der Waals surface area contributed by atoms with E-state index in [-0.39, 0.29) is 5.75 Å². The molecule has 0 spiro atoms. The third-order valence-electron chi connectivity index (χ3n) is 2.51. The maximum atomic E-state index is 13.0. The van der Waals surface area contributed by atoms with E-state index in [0.29, 0.717) is 28.6 Å². The molecule has 0 fully saturated rings. The molecule has 0 unspecified atom stereocenters. The molecule has 0 aliphatic rings. The Labute approximate surface area is 109 Å². The van der Waals surface area contributed by atoms with Crippen molar-refractivity contribution in [3.8, 4) is 17.1 Å². The lowest BCUT2D eigenvalue weighted by molar-refractivity contribution is 0.468. The molecule has 0 radical (unpaired) electrons. The van der Waals surface area contributed by atoms with Crippen LogP contribution in [-0.4, -0.2) is 19.9 Å². The first-order valence-corrected chi connectivity index (χ1v) is 6.04. The summed E-state index contributed by atoms with van der Waals surface area (Å²) in [5.41, 5.74) is 0.462. The van der Waals surface area contributed by atoms with E-state index in [9.17, 15) is 9.50 Å². The van der Waals surface area contributed by atoms with Crippen molar-refractivity contribution < 1.29 is 9.50 Å². The zero-order chi connectivity index (χ0) is 13.3. The first-order valence-electron chi connectivity index (χ1n) is 5.63. The van der Waals surface area contributed by atoms with Gasteiger partial charge in [0, 0.05) is 12.6 Å². The molecule has 0 amide bonds.